The van der Waals surface area contributed by atoms with Crippen LogP contribution in [0.1, 0.15) is 24.0 Å². The number of hydrogen-bond acceptors (Lipinski definition) is 4. The first-order valence-electron chi connectivity index (χ1n) is 6.53. The normalized spacial score (nSPS) is 20.1. The van der Waals surface area contributed by atoms with E-state index in [1.165, 1.54) is 0 Å². The van der Waals surface area contributed by atoms with Crippen molar-refractivity contribution in [2.75, 3.05) is 11.5 Å². The maximum atomic E-state index is 12.6. The SMILES string of the molecule is Cc1cc(CN)cc(S(=O)(=O)NC2CCCSC2)c1Br. The molecule has 1 unspecified atom stereocenters. The van der Waals surface area contributed by atoms with Crippen molar-refractivity contribution in [1.29, 1.82) is 0 Å². The van der Waals surface area contributed by atoms with Crippen LogP contribution in [0.15, 0.2) is 21.5 Å². The molecule has 1 aliphatic heterocycles. The van der Waals surface area contributed by atoms with Gasteiger partial charge in [0.05, 0.1) is 4.90 Å². The van der Waals surface area contributed by atoms with Crippen molar-refractivity contribution in [3.63, 3.8) is 0 Å². The Bertz CT molecular complexity index is 584. The van der Waals surface area contributed by atoms with Gasteiger partial charge < -0.3 is 5.73 Å². The monoisotopic (exact) mass is 378 g/mol. The van der Waals surface area contributed by atoms with Gasteiger partial charge in [-0.15, -0.1) is 0 Å². The molecule has 1 atom stereocenters. The second-order valence-corrected chi connectivity index (χ2v) is 8.59. The Balaban J connectivity index is 2.30. The molecule has 20 heavy (non-hydrogen) atoms. The fourth-order valence-corrected chi connectivity index (χ4v) is 5.76. The number of rotatable bonds is 4. The minimum absolute atomic E-state index is 0.0208. The Morgan fingerprint density at radius 3 is 2.85 bits per heavy atom. The number of aryl methyl sites for hydroxylation is 1. The standard InChI is InChI=1S/C13H19BrN2O2S2/c1-9-5-10(7-15)6-12(13(9)14)20(17,18)16-11-3-2-4-19-8-11/h5-6,11,16H,2-4,7-8,15H2,1H3. The molecule has 1 heterocycles. The molecule has 0 bridgehead atoms. The first-order chi connectivity index (χ1) is 9.44. The molecule has 112 valence electrons. The molecule has 2 rings (SSSR count). The second-order valence-electron chi connectivity index (χ2n) is 4.96. The zero-order valence-corrected chi connectivity index (χ0v) is 14.6. The highest BCUT2D eigenvalue weighted by Gasteiger charge is 2.24. The number of nitrogens with two attached hydrogens (primary N) is 1. The lowest BCUT2D eigenvalue weighted by atomic mass is 10.1. The van der Waals surface area contributed by atoms with Crippen molar-refractivity contribution in [2.24, 2.45) is 5.73 Å². The second kappa shape index (κ2) is 6.79. The van der Waals surface area contributed by atoms with Crippen LogP contribution in [-0.4, -0.2) is 26.0 Å². The predicted octanol–water partition coefficient (Wildman–Crippen LogP) is 2.39. The van der Waals surface area contributed by atoms with Crippen LogP contribution >= 0.6 is 27.7 Å². The number of hydrogen-bond donors (Lipinski definition) is 2. The van der Waals surface area contributed by atoms with E-state index in [-0.39, 0.29) is 10.9 Å². The van der Waals surface area contributed by atoms with E-state index in [0.29, 0.717) is 11.0 Å². The molecule has 4 nitrogen and oxygen atoms in total. The van der Waals surface area contributed by atoms with E-state index in [1.54, 1.807) is 17.8 Å². The van der Waals surface area contributed by atoms with Gasteiger partial charge in [-0.3, -0.25) is 0 Å². The third-order valence-corrected chi connectivity index (χ3v) is 7.36. The van der Waals surface area contributed by atoms with Gasteiger partial charge in [0.2, 0.25) is 10.0 Å². The number of halogens is 1. The molecule has 0 aromatic heterocycles. The Morgan fingerprint density at radius 1 is 1.50 bits per heavy atom. The summed E-state index contributed by atoms with van der Waals surface area (Å²) in [5, 5.41) is 0. The fourth-order valence-electron chi connectivity index (χ4n) is 2.24. The van der Waals surface area contributed by atoms with Crippen LogP contribution < -0.4 is 10.5 Å². The topological polar surface area (TPSA) is 72.2 Å². The van der Waals surface area contributed by atoms with Crippen molar-refractivity contribution < 1.29 is 8.42 Å². The number of nitrogens with one attached hydrogen (secondary N) is 1. The lowest BCUT2D eigenvalue weighted by Crippen LogP contribution is -2.38. The smallest absolute Gasteiger partial charge is 0.241 e. The molecule has 1 fully saturated rings. The fraction of sp³-hybridized carbons (Fsp3) is 0.538. The molecule has 0 spiro atoms. The zero-order valence-electron chi connectivity index (χ0n) is 11.4. The number of sulfonamides is 1. The van der Waals surface area contributed by atoms with E-state index in [1.807, 2.05) is 13.0 Å². The highest BCUT2D eigenvalue weighted by Crippen LogP contribution is 2.28. The van der Waals surface area contributed by atoms with Crippen molar-refractivity contribution in [3.05, 3.63) is 27.7 Å². The summed E-state index contributed by atoms with van der Waals surface area (Å²) >= 11 is 5.17. The molecule has 0 amide bonds. The van der Waals surface area contributed by atoms with Gasteiger partial charge >= 0.3 is 0 Å². The Morgan fingerprint density at radius 2 is 2.25 bits per heavy atom. The molecular formula is C13H19BrN2O2S2. The Kier molecular flexibility index (Phi) is 5.53. The maximum absolute atomic E-state index is 12.6. The zero-order chi connectivity index (χ0) is 14.8. The molecule has 1 saturated heterocycles. The van der Waals surface area contributed by atoms with Gasteiger partial charge in [0.25, 0.3) is 0 Å². The van der Waals surface area contributed by atoms with Crippen LogP contribution in [0.2, 0.25) is 0 Å². The molecule has 7 heteroatoms. The maximum Gasteiger partial charge on any atom is 0.241 e. The summed E-state index contributed by atoms with van der Waals surface area (Å²) in [4.78, 5) is 0.286. The van der Waals surface area contributed by atoms with Crippen molar-refractivity contribution in [3.8, 4) is 0 Å². The van der Waals surface area contributed by atoms with Crippen LogP contribution in [0, 0.1) is 6.92 Å². The van der Waals surface area contributed by atoms with Gasteiger partial charge in [-0.2, -0.15) is 11.8 Å². The first kappa shape index (κ1) is 16.3. The third kappa shape index (κ3) is 3.76. The van der Waals surface area contributed by atoms with Gasteiger partial charge in [-0.05, 0) is 58.6 Å². The predicted molar refractivity (Wildman–Crippen MR) is 87.4 cm³/mol. The first-order valence-corrected chi connectivity index (χ1v) is 9.96. The summed E-state index contributed by atoms with van der Waals surface area (Å²) in [7, 11) is -3.51. The summed E-state index contributed by atoms with van der Waals surface area (Å²) in [5.41, 5.74) is 7.34. The summed E-state index contributed by atoms with van der Waals surface area (Å²) in [6, 6.07) is 3.57. The van der Waals surface area contributed by atoms with Gasteiger partial charge in [0.1, 0.15) is 0 Å². The van der Waals surface area contributed by atoms with Crippen molar-refractivity contribution in [2.45, 2.75) is 37.2 Å². The van der Waals surface area contributed by atoms with Crippen molar-refractivity contribution >= 4 is 37.7 Å². The molecule has 0 saturated carbocycles. The van der Waals surface area contributed by atoms with Gasteiger partial charge in [0.15, 0.2) is 0 Å². The van der Waals surface area contributed by atoms with Gasteiger partial charge in [-0.25, -0.2) is 13.1 Å². The van der Waals surface area contributed by atoms with Crippen LogP contribution in [0.5, 0.6) is 0 Å². The largest absolute Gasteiger partial charge is 0.326 e. The van der Waals surface area contributed by atoms with Crippen LogP contribution in [0.25, 0.3) is 0 Å². The quantitative estimate of drug-likeness (QED) is 0.843. The Hall–Kier alpha value is -0.0800. The average molecular weight is 379 g/mol. The summed E-state index contributed by atoms with van der Waals surface area (Å²) in [6.45, 7) is 2.20. The lowest BCUT2D eigenvalue weighted by molar-refractivity contribution is 0.542. The van der Waals surface area contributed by atoms with Crippen molar-refractivity contribution in [1.82, 2.24) is 4.72 Å². The molecule has 0 radical (unpaired) electrons. The van der Waals surface area contributed by atoms with Crippen LogP contribution in [-0.2, 0) is 16.6 Å². The average Bonchev–Trinajstić information content (AvgIpc) is 2.42. The van der Waals surface area contributed by atoms with E-state index in [9.17, 15) is 8.42 Å². The van der Waals surface area contributed by atoms with E-state index in [4.69, 9.17) is 5.73 Å². The Labute approximate surface area is 133 Å². The summed E-state index contributed by atoms with van der Waals surface area (Å²) < 4.78 is 28.5. The molecule has 1 aromatic carbocycles. The molecule has 1 aliphatic rings. The summed E-state index contributed by atoms with van der Waals surface area (Å²) in [6.07, 6.45) is 1.96. The highest BCUT2D eigenvalue weighted by atomic mass is 79.9. The number of benzene rings is 1. The van der Waals surface area contributed by atoms with E-state index in [0.717, 1.165) is 35.5 Å². The highest BCUT2D eigenvalue weighted by molar-refractivity contribution is 9.10. The minimum Gasteiger partial charge on any atom is -0.326 e. The van der Waals surface area contributed by atoms with Crippen LogP contribution in [0.3, 0.4) is 0 Å². The van der Waals surface area contributed by atoms with E-state index >= 15 is 0 Å². The number of thioether (sulfide) groups is 1. The van der Waals surface area contributed by atoms with Gasteiger partial charge in [-0.1, -0.05) is 6.07 Å². The summed E-state index contributed by atoms with van der Waals surface area (Å²) in [5.74, 6) is 1.95. The molecular weight excluding hydrogens is 360 g/mol. The molecule has 3 N–H and O–H groups in total. The minimum atomic E-state index is -3.51. The van der Waals surface area contributed by atoms with Crippen LogP contribution in [0.4, 0.5) is 0 Å². The van der Waals surface area contributed by atoms with Gasteiger partial charge in [0, 0.05) is 22.8 Å². The molecule has 0 aliphatic carbocycles. The molecule has 1 aromatic rings. The lowest BCUT2D eigenvalue weighted by Gasteiger charge is -2.23. The third-order valence-electron chi connectivity index (χ3n) is 3.29. The van der Waals surface area contributed by atoms with E-state index < -0.39 is 10.0 Å². The van der Waals surface area contributed by atoms with E-state index in [2.05, 4.69) is 20.7 Å².